The third kappa shape index (κ3) is 2.43. The summed E-state index contributed by atoms with van der Waals surface area (Å²) in [4.78, 5) is 0. The van der Waals surface area contributed by atoms with Crippen LogP contribution in [0.4, 0.5) is 0 Å². The van der Waals surface area contributed by atoms with Crippen LogP contribution in [0, 0.1) is 13.8 Å². The maximum absolute atomic E-state index is 3.64. The Balaban J connectivity index is 2.33. The second-order valence-electron chi connectivity index (χ2n) is 4.50. The summed E-state index contributed by atoms with van der Waals surface area (Å²) in [6.45, 7) is 6.71. The van der Waals surface area contributed by atoms with E-state index in [1.165, 1.54) is 40.5 Å². The van der Waals surface area contributed by atoms with Gasteiger partial charge in [0.1, 0.15) is 0 Å². The average molecular weight is 268 g/mol. The molecule has 0 saturated carbocycles. The summed E-state index contributed by atoms with van der Waals surface area (Å²) in [5, 5.41) is 3.48. The molecule has 1 fully saturated rings. The van der Waals surface area contributed by atoms with E-state index in [-0.39, 0.29) is 0 Å². The zero-order chi connectivity index (χ0) is 10.8. The lowest BCUT2D eigenvalue weighted by Crippen LogP contribution is -2.28. The Kier molecular flexibility index (Phi) is 3.47. The molecule has 1 aromatic carbocycles. The standard InChI is InChI=1S/C13H18BrN/c1-9-6-12(10(2)13(14)7-9)11-4-3-5-15-8-11/h6-7,11,15H,3-5,8H2,1-2H3. The first kappa shape index (κ1) is 11.2. The van der Waals surface area contributed by atoms with Gasteiger partial charge in [-0.3, -0.25) is 0 Å². The molecule has 2 heteroatoms. The summed E-state index contributed by atoms with van der Waals surface area (Å²) in [7, 11) is 0. The van der Waals surface area contributed by atoms with Crippen molar-refractivity contribution in [3.8, 4) is 0 Å². The molecule has 0 aromatic heterocycles. The van der Waals surface area contributed by atoms with Crippen molar-refractivity contribution in [2.45, 2.75) is 32.6 Å². The summed E-state index contributed by atoms with van der Waals surface area (Å²) in [6.07, 6.45) is 2.62. The lowest BCUT2D eigenvalue weighted by molar-refractivity contribution is 0.460. The Hall–Kier alpha value is -0.340. The van der Waals surface area contributed by atoms with E-state index in [2.05, 4.69) is 47.2 Å². The molecule has 1 aromatic rings. The number of nitrogens with one attached hydrogen (secondary N) is 1. The van der Waals surface area contributed by atoms with Crippen molar-refractivity contribution in [1.29, 1.82) is 0 Å². The number of benzene rings is 1. The van der Waals surface area contributed by atoms with Gasteiger partial charge in [-0.05, 0) is 61.9 Å². The van der Waals surface area contributed by atoms with Crippen molar-refractivity contribution >= 4 is 15.9 Å². The van der Waals surface area contributed by atoms with E-state index in [0.717, 1.165) is 6.54 Å². The van der Waals surface area contributed by atoms with Crippen LogP contribution in [0.1, 0.15) is 35.4 Å². The third-order valence-electron chi connectivity index (χ3n) is 3.27. The van der Waals surface area contributed by atoms with Crippen LogP contribution in [0.3, 0.4) is 0 Å². The average Bonchev–Trinajstić information content (AvgIpc) is 2.24. The van der Waals surface area contributed by atoms with E-state index in [0.29, 0.717) is 5.92 Å². The minimum Gasteiger partial charge on any atom is -0.316 e. The quantitative estimate of drug-likeness (QED) is 0.821. The van der Waals surface area contributed by atoms with Gasteiger partial charge in [0.05, 0.1) is 0 Å². The van der Waals surface area contributed by atoms with Gasteiger partial charge >= 0.3 is 0 Å². The predicted molar refractivity (Wildman–Crippen MR) is 68.5 cm³/mol. The van der Waals surface area contributed by atoms with E-state index in [4.69, 9.17) is 0 Å². The van der Waals surface area contributed by atoms with E-state index < -0.39 is 0 Å². The topological polar surface area (TPSA) is 12.0 Å². The Morgan fingerprint density at radius 3 is 2.80 bits per heavy atom. The Morgan fingerprint density at radius 2 is 2.13 bits per heavy atom. The van der Waals surface area contributed by atoms with Gasteiger partial charge in [-0.25, -0.2) is 0 Å². The highest BCUT2D eigenvalue weighted by atomic mass is 79.9. The molecule has 0 radical (unpaired) electrons. The fourth-order valence-electron chi connectivity index (χ4n) is 2.38. The van der Waals surface area contributed by atoms with Crippen LogP contribution < -0.4 is 5.32 Å². The van der Waals surface area contributed by atoms with Gasteiger partial charge in [-0.15, -0.1) is 0 Å². The van der Waals surface area contributed by atoms with Crippen molar-refractivity contribution < 1.29 is 0 Å². The minimum atomic E-state index is 0.704. The van der Waals surface area contributed by atoms with Crippen molar-refractivity contribution in [2.24, 2.45) is 0 Å². The molecule has 1 nitrogen and oxygen atoms in total. The van der Waals surface area contributed by atoms with Crippen LogP contribution in [0.15, 0.2) is 16.6 Å². The highest BCUT2D eigenvalue weighted by molar-refractivity contribution is 9.10. The maximum atomic E-state index is 3.64. The molecular weight excluding hydrogens is 250 g/mol. The number of aryl methyl sites for hydroxylation is 1. The SMILES string of the molecule is Cc1cc(Br)c(C)c(C2CCCNC2)c1. The zero-order valence-corrected chi connectivity index (χ0v) is 11.0. The molecule has 1 aliphatic rings. The molecule has 2 rings (SSSR count). The van der Waals surface area contributed by atoms with Crippen molar-refractivity contribution in [3.63, 3.8) is 0 Å². The highest BCUT2D eigenvalue weighted by Gasteiger charge is 2.18. The van der Waals surface area contributed by atoms with Crippen LogP contribution in [0.5, 0.6) is 0 Å². The first-order valence-electron chi connectivity index (χ1n) is 5.66. The van der Waals surface area contributed by atoms with E-state index >= 15 is 0 Å². The molecule has 1 N–H and O–H groups in total. The molecule has 82 valence electrons. The second kappa shape index (κ2) is 4.67. The Bertz CT molecular complexity index is 354. The van der Waals surface area contributed by atoms with Crippen LogP contribution in [0.25, 0.3) is 0 Å². The highest BCUT2D eigenvalue weighted by Crippen LogP contribution is 2.31. The molecule has 0 aliphatic carbocycles. The van der Waals surface area contributed by atoms with Crippen LogP contribution in [0.2, 0.25) is 0 Å². The molecule has 1 atom stereocenters. The molecule has 1 saturated heterocycles. The molecule has 0 bridgehead atoms. The molecular formula is C13H18BrN. The van der Waals surface area contributed by atoms with Gasteiger partial charge in [0, 0.05) is 11.0 Å². The molecule has 0 spiro atoms. The third-order valence-corrected chi connectivity index (χ3v) is 4.09. The van der Waals surface area contributed by atoms with Crippen molar-refractivity contribution in [1.82, 2.24) is 5.32 Å². The summed E-state index contributed by atoms with van der Waals surface area (Å²) < 4.78 is 1.25. The van der Waals surface area contributed by atoms with E-state index in [1.54, 1.807) is 0 Å². The number of hydrogen-bond donors (Lipinski definition) is 1. The molecule has 0 amide bonds. The zero-order valence-electron chi connectivity index (χ0n) is 9.44. The van der Waals surface area contributed by atoms with Gasteiger partial charge < -0.3 is 5.32 Å². The first-order chi connectivity index (χ1) is 7.18. The summed E-state index contributed by atoms with van der Waals surface area (Å²) >= 11 is 3.64. The number of halogens is 1. The van der Waals surface area contributed by atoms with E-state index in [9.17, 15) is 0 Å². The molecule has 15 heavy (non-hydrogen) atoms. The fraction of sp³-hybridized carbons (Fsp3) is 0.538. The van der Waals surface area contributed by atoms with Gasteiger partial charge in [0.25, 0.3) is 0 Å². The van der Waals surface area contributed by atoms with Gasteiger partial charge in [-0.1, -0.05) is 22.0 Å². The van der Waals surface area contributed by atoms with E-state index in [1.807, 2.05) is 0 Å². The number of rotatable bonds is 1. The number of hydrogen-bond acceptors (Lipinski definition) is 1. The minimum absolute atomic E-state index is 0.704. The van der Waals surface area contributed by atoms with Gasteiger partial charge in [0.15, 0.2) is 0 Å². The lowest BCUT2D eigenvalue weighted by atomic mass is 9.88. The monoisotopic (exact) mass is 267 g/mol. The van der Waals surface area contributed by atoms with Crippen LogP contribution >= 0.6 is 15.9 Å². The molecule has 1 unspecified atom stereocenters. The normalized spacial score (nSPS) is 21.7. The first-order valence-corrected chi connectivity index (χ1v) is 6.45. The van der Waals surface area contributed by atoms with Crippen molar-refractivity contribution in [3.05, 3.63) is 33.3 Å². The van der Waals surface area contributed by atoms with Crippen LogP contribution in [-0.2, 0) is 0 Å². The van der Waals surface area contributed by atoms with Crippen LogP contribution in [-0.4, -0.2) is 13.1 Å². The molecule has 1 aliphatic heterocycles. The summed E-state index contributed by atoms with van der Waals surface area (Å²) in [5.74, 6) is 0.704. The summed E-state index contributed by atoms with van der Waals surface area (Å²) in [5.41, 5.74) is 4.29. The predicted octanol–water partition coefficient (Wildman–Crippen LogP) is 3.53. The van der Waals surface area contributed by atoms with Gasteiger partial charge in [0.2, 0.25) is 0 Å². The Labute approximate surface area is 100 Å². The largest absolute Gasteiger partial charge is 0.316 e. The summed E-state index contributed by atoms with van der Waals surface area (Å²) in [6, 6.07) is 4.55. The number of piperidine rings is 1. The second-order valence-corrected chi connectivity index (χ2v) is 5.36. The van der Waals surface area contributed by atoms with Crippen molar-refractivity contribution in [2.75, 3.05) is 13.1 Å². The Morgan fingerprint density at radius 1 is 1.33 bits per heavy atom. The van der Waals surface area contributed by atoms with Gasteiger partial charge in [-0.2, -0.15) is 0 Å². The lowest BCUT2D eigenvalue weighted by Gasteiger charge is -2.25. The fourth-order valence-corrected chi connectivity index (χ4v) is 2.97. The maximum Gasteiger partial charge on any atom is 0.0209 e. The molecule has 1 heterocycles. The smallest absolute Gasteiger partial charge is 0.0209 e.